The zero-order valence-electron chi connectivity index (χ0n) is 27.7. The molecule has 2 atom stereocenters. The highest BCUT2D eigenvalue weighted by molar-refractivity contribution is 5.97. The monoisotopic (exact) mass is 630 g/mol. The van der Waals surface area contributed by atoms with Crippen LogP contribution in [0.4, 0.5) is 0 Å². The molecule has 0 radical (unpaired) electrons. The summed E-state index contributed by atoms with van der Waals surface area (Å²) in [5.41, 5.74) is 5.17. The smallest absolute Gasteiger partial charge is 0.336 e. The number of benzene rings is 3. The maximum absolute atomic E-state index is 13.1. The zero-order valence-corrected chi connectivity index (χ0v) is 27.7. The molecule has 7 nitrogen and oxygen atoms in total. The normalized spacial score (nSPS) is 12.8. The molecule has 0 aliphatic heterocycles. The molecule has 46 heavy (non-hydrogen) atoms. The molecule has 248 valence electrons. The number of unbranched alkanes of at least 4 members (excludes halogenated alkanes) is 6. The van der Waals surface area contributed by atoms with Gasteiger partial charge in [0.25, 0.3) is 0 Å². The van der Waals surface area contributed by atoms with Crippen LogP contribution in [-0.4, -0.2) is 54.9 Å². The van der Waals surface area contributed by atoms with E-state index in [9.17, 15) is 19.5 Å². The Labute approximate surface area is 273 Å². The summed E-state index contributed by atoms with van der Waals surface area (Å²) in [6, 6.07) is 21.5. The van der Waals surface area contributed by atoms with E-state index in [0.717, 1.165) is 51.4 Å². The maximum Gasteiger partial charge on any atom is 0.336 e. The van der Waals surface area contributed by atoms with Gasteiger partial charge in [-0.05, 0) is 105 Å². The molecule has 0 spiro atoms. The van der Waals surface area contributed by atoms with E-state index in [1.54, 1.807) is 13.0 Å². The Kier molecular flexibility index (Phi) is 16.2. The molecule has 3 rings (SSSR count). The number of hydrogen-bond donors (Lipinski definition) is 1. The van der Waals surface area contributed by atoms with Gasteiger partial charge in [-0.2, -0.15) is 0 Å². The number of aryl methyl sites for hydroxylation is 4. The molecule has 0 fully saturated rings. The van der Waals surface area contributed by atoms with E-state index < -0.39 is 36.5 Å². The van der Waals surface area contributed by atoms with E-state index in [1.165, 1.54) is 39.1 Å². The van der Waals surface area contributed by atoms with Crippen LogP contribution in [0.25, 0.3) is 10.8 Å². The third-order valence-electron chi connectivity index (χ3n) is 8.15. The third kappa shape index (κ3) is 12.9. The minimum absolute atomic E-state index is 0.146. The number of esters is 1. The lowest BCUT2D eigenvalue weighted by molar-refractivity contribution is -0.172. The first-order valence-corrected chi connectivity index (χ1v) is 16.6. The number of rotatable bonds is 22. The van der Waals surface area contributed by atoms with Crippen molar-refractivity contribution in [2.24, 2.45) is 0 Å². The van der Waals surface area contributed by atoms with Crippen molar-refractivity contribution in [3.05, 3.63) is 95.1 Å². The van der Waals surface area contributed by atoms with Crippen LogP contribution in [0.5, 0.6) is 0 Å². The summed E-state index contributed by atoms with van der Waals surface area (Å²) >= 11 is 0. The van der Waals surface area contributed by atoms with Gasteiger partial charge >= 0.3 is 11.9 Å². The number of ketones is 1. The van der Waals surface area contributed by atoms with E-state index >= 15 is 0 Å². The Morgan fingerprint density at radius 3 is 2.13 bits per heavy atom. The number of hydrogen-bond acceptors (Lipinski definition) is 6. The number of aliphatic carboxylic acids is 1. The largest absolute Gasteiger partial charge is 0.479 e. The lowest BCUT2D eigenvalue weighted by atomic mass is 10.0. The number of ether oxygens (including phenoxy) is 3. The zero-order chi connectivity index (χ0) is 33.1. The lowest BCUT2D eigenvalue weighted by Gasteiger charge is -2.22. The van der Waals surface area contributed by atoms with Crippen LogP contribution in [0.15, 0.2) is 72.8 Å². The first kappa shape index (κ1) is 36.7. The highest BCUT2D eigenvalue weighted by Crippen LogP contribution is 2.18. The molecule has 0 heterocycles. The number of carboxylic acid groups (broad SMARTS) is 1. The fraction of sp³-hybridized carbons (Fsp3) is 0.462. The van der Waals surface area contributed by atoms with Gasteiger partial charge in [-0.25, -0.2) is 9.59 Å². The van der Waals surface area contributed by atoms with Crippen LogP contribution in [0.3, 0.4) is 0 Å². The fourth-order valence-electron chi connectivity index (χ4n) is 5.38. The number of fused-ring (bicyclic) bond motifs is 1. The standard InChI is InChI=1S/C39H50O7/c1-4-44-36(41)28-46-38(39(42)43)37(45-25-15-9-11-16-31-22-21-29(2)30(3)26-31)35(40)20-12-8-6-5-7-10-17-32-23-24-33-18-13-14-19-34(33)27-32/h12-14,18-24,26-27,37-38H,4-11,15-17,25,28H2,1-3H3,(H,42,43)/b20-12+/t37-,38+/m0/s1. The van der Waals surface area contributed by atoms with Gasteiger partial charge in [0.15, 0.2) is 18.0 Å². The Morgan fingerprint density at radius 2 is 1.41 bits per heavy atom. The summed E-state index contributed by atoms with van der Waals surface area (Å²) in [4.78, 5) is 37.0. The van der Waals surface area contributed by atoms with Crippen molar-refractivity contribution in [3.8, 4) is 0 Å². The van der Waals surface area contributed by atoms with E-state index in [2.05, 4.69) is 74.5 Å². The summed E-state index contributed by atoms with van der Waals surface area (Å²) < 4.78 is 16.0. The van der Waals surface area contributed by atoms with Crippen molar-refractivity contribution in [1.29, 1.82) is 0 Å². The molecule has 0 aliphatic rings. The Bertz CT molecular complexity index is 1430. The predicted molar refractivity (Wildman–Crippen MR) is 182 cm³/mol. The average Bonchev–Trinajstić information content (AvgIpc) is 3.04. The van der Waals surface area contributed by atoms with Crippen LogP contribution in [0, 0.1) is 13.8 Å². The molecular formula is C39H50O7. The summed E-state index contributed by atoms with van der Waals surface area (Å²) in [6.07, 6.45) is 9.51. The SMILES string of the molecule is CCOC(=O)CO[C@@H](C(=O)O)[C@@H](OCCCCCc1ccc(C)c(C)c1)C(=O)/C=C/CCCCCCc1ccc2ccccc2c1. The molecule has 0 aliphatic carbocycles. The summed E-state index contributed by atoms with van der Waals surface area (Å²) in [5, 5.41) is 12.4. The molecule has 0 bridgehead atoms. The van der Waals surface area contributed by atoms with Crippen LogP contribution in [-0.2, 0) is 41.4 Å². The Hall–Kier alpha value is -3.81. The quantitative estimate of drug-likeness (QED) is 0.0684. The van der Waals surface area contributed by atoms with Crippen molar-refractivity contribution in [2.75, 3.05) is 19.8 Å². The van der Waals surface area contributed by atoms with E-state index in [4.69, 9.17) is 14.2 Å². The van der Waals surface area contributed by atoms with Gasteiger partial charge in [0.1, 0.15) is 6.61 Å². The average molecular weight is 631 g/mol. The molecule has 3 aromatic carbocycles. The second-order valence-electron chi connectivity index (χ2n) is 11.8. The van der Waals surface area contributed by atoms with Crippen LogP contribution >= 0.6 is 0 Å². The van der Waals surface area contributed by atoms with Gasteiger partial charge < -0.3 is 19.3 Å². The molecule has 0 saturated heterocycles. The first-order chi connectivity index (χ1) is 22.3. The third-order valence-corrected chi connectivity index (χ3v) is 8.15. The molecule has 0 saturated carbocycles. The highest BCUT2D eigenvalue weighted by atomic mass is 16.6. The van der Waals surface area contributed by atoms with Gasteiger partial charge in [-0.3, -0.25) is 4.79 Å². The van der Waals surface area contributed by atoms with Crippen LogP contribution < -0.4 is 0 Å². The first-order valence-electron chi connectivity index (χ1n) is 16.6. The number of carbonyl (C=O) groups is 3. The van der Waals surface area contributed by atoms with Crippen molar-refractivity contribution in [1.82, 2.24) is 0 Å². The second kappa shape index (κ2) is 20.3. The molecule has 0 unspecified atom stereocenters. The molecular weight excluding hydrogens is 580 g/mol. The van der Waals surface area contributed by atoms with Crippen molar-refractivity contribution in [3.63, 3.8) is 0 Å². The molecule has 0 amide bonds. The van der Waals surface area contributed by atoms with Gasteiger partial charge in [0.05, 0.1) is 6.61 Å². The minimum Gasteiger partial charge on any atom is -0.479 e. The maximum atomic E-state index is 13.1. The van der Waals surface area contributed by atoms with E-state index in [1.807, 2.05) is 0 Å². The fourth-order valence-corrected chi connectivity index (χ4v) is 5.38. The van der Waals surface area contributed by atoms with Crippen LogP contribution in [0.2, 0.25) is 0 Å². The summed E-state index contributed by atoms with van der Waals surface area (Å²) in [7, 11) is 0. The van der Waals surface area contributed by atoms with Crippen LogP contribution in [0.1, 0.15) is 80.5 Å². The van der Waals surface area contributed by atoms with Gasteiger partial charge in [0, 0.05) is 6.61 Å². The minimum atomic E-state index is -1.62. The van der Waals surface area contributed by atoms with Crippen molar-refractivity contribution >= 4 is 28.5 Å². The topological polar surface area (TPSA) is 99.1 Å². The highest BCUT2D eigenvalue weighted by Gasteiger charge is 2.35. The molecule has 0 aromatic heterocycles. The molecule has 1 N–H and O–H groups in total. The van der Waals surface area contributed by atoms with Gasteiger partial charge in [0.2, 0.25) is 0 Å². The van der Waals surface area contributed by atoms with Gasteiger partial charge in [-0.15, -0.1) is 0 Å². The van der Waals surface area contributed by atoms with E-state index in [-0.39, 0.29) is 13.2 Å². The molecule has 7 heteroatoms. The van der Waals surface area contributed by atoms with Gasteiger partial charge in [-0.1, -0.05) is 86.0 Å². The second-order valence-corrected chi connectivity index (χ2v) is 11.8. The number of allylic oxidation sites excluding steroid dienone is 1. The number of carboxylic acids is 1. The number of carbonyl (C=O) groups excluding carboxylic acids is 2. The van der Waals surface area contributed by atoms with Crippen molar-refractivity contribution < 1.29 is 33.7 Å². The molecule has 3 aromatic rings. The van der Waals surface area contributed by atoms with E-state index in [0.29, 0.717) is 12.8 Å². The summed E-state index contributed by atoms with van der Waals surface area (Å²) in [5.74, 6) is -2.54. The Morgan fingerprint density at radius 1 is 0.739 bits per heavy atom. The van der Waals surface area contributed by atoms with Crippen molar-refractivity contribution in [2.45, 2.75) is 97.2 Å². The lowest BCUT2D eigenvalue weighted by Crippen LogP contribution is -2.44. The predicted octanol–water partition coefficient (Wildman–Crippen LogP) is 7.91. The Balaban J connectivity index is 1.44. The summed E-state index contributed by atoms with van der Waals surface area (Å²) in [6.45, 7) is 5.64.